The molecule has 0 rings (SSSR count). The maximum Gasteiger partial charge on any atom is 0.320 e. The summed E-state index contributed by atoms with van der Waals surface area (Å²) in [5.41, 5.74) is 10.4. The van der Waals surface area contributed by atoms with Gasteiger partial charge in [-0.1, -0.05) is 64.7 Å². The van der Waals surface area contributed by atoms with Crippen molar-refractivity contribution in [3.8, 4) is 0 Å². The average Bonchev–Trinajstić information content (AvgIpc) is 2.61. The Morgan fingerprint density at radius 3 is 1.63 bits per heavy atom. The predicted octanol–water partition coefficient (Wildman–Crippen LogP) is 3.01. The van der Waals surface area contributed by atoms with Crippen LogP contribution in [-0.4, -0.2) is 54.4 Å². The second-order valence-corrected chi connectivity index (χ2v) is 6.74. The lowest BCUT2D eigenvalue weighted by molar-refractivity contribution is -0.138. The first-order chi connectivity index (χ1) is 12.9. The standard InChI is InChI=1S/C12H26O2.C6H14N2O2.C2H6O/c1-2-3-4-5-6-7-8-9-10-11-12(13)14;7-4-2-1-3-5(8)6(9)10;1-3-2/h12-14H,2-11H2,1H3;5H,1-4,7-8H2,(H,9,10);1-2H3. The lowest BCUT2D eigenvalue weighted by Crippen LogP contribution is -2.29. The van der Waals surface area contributed by atoms with E-state index in [0.717, 1.165) is 25.7 Å². The van der Waals surface area contributed by atoms with Gasteiger partial charge in [-0.25, -0.2) is 0 Å². The number of aliphatic hydroxyl groups is 2. The average molecular weight is 395 g/mol. The van der Waals surface area contributed by atoms with E-state index in [-0.39, 0.29) is 0 Å². The molecule has 0 saturated carbocycles. The molecule has 0 aromatic rings. The highest BCUT2D eigenvalue weighted by Gasteiger charge is 2.09. The SMILES string of the molecule is CCCCCCCCCCCC(O)O.COC.NCCCCC(N)C(=O)O. The second-order valence-electron chi connectivity index (χ2n) is 6.74. The molecular formula is C20H46N2O5. The van der Waals surface area contributed by atoms with Crippen molar-refractivity contribution in [3.05, 3.63) is 0 Å². The third kappa shape index (κ3) is 36.8. The minimum atomic E-state index is -1.10. The quantitative estimate of drug-likeness (QED) is 0.212. The number of ether oxygens (including phenoxy) is 1. The molecule has 1 unspecified atom stereocenters. The number of aliphatic hydroxyl groups excluding tert-OH is 1. The number of hydrogen-bond acceptors (Lipinski definition) is 6. The Kier molecular flexibility index (Phi) is 31.5. The van der Waals surface area contributed by atoms with Crippen molar-refractivity contribution in [1.82, 2.24) is 0 Å². The third-order valence-corrected chi connectivity index (χ3v) is 3.85. The van der Waals surface area contributed by atoms with E-state index in [4.69, 9.17) is 26.8 Å². The van der Waals surface area contributed by atoms with E-state index in [1.807, 2.05) is 0 Å². The molecule has 0 aromatic heterocycles. The van der Waals surface area contributed by atoms with Gasteiger partial charge in [0, 0.05) is 14.2 Å². The number of unbranched alkanes of at least 4 members (excludes halogenated alkanes) is 9. The highest BCUT2D eigenvalue weighted by molar-refractivity contribution is 5.72. The van der Waals surface area contributed by atoms with E-state index in [9.17, 15) is 4.79 Å². The van der Waals surface area contributed by atoms with Crippen LogP contribution in [0.15, 0.2) is 0 Å². The molecule has 0 aromatic carbocycles. The molecule has 0 bridgehead atoms. The van der Waals surface area contributed by atoms with Crippen molar-refractivity contribution in [1.29, 1.82) is 0 Å². The summed E-state index contributed by atoms with van der Waals surface area (Å²) in [4.78, 5) is 10.1. The fourth-order valence-corrected chi connectivity index (χ4v) is 2.27. The van der Waals surface area contributed by atoms with Gasteiger partial charge in [-0.3, -0.25) is 4.79 Å². The van der Waals surface area contributed by atoms with Crippen LogP contribution in [-0.2, 0) is 9.53 Å². The Morgan fingerprint density at radius 1 is 0.852 bits per heavy atom. The van der Waals surface area contributed by atoms with Gasteiger partial charge >= 0.3 is 5.97 Å². The van der Waals surface area contributed by atoms with E-state index in [2.05, 4.69) is 11.7 Å². The molecule has 0 aliphatic carbocycles. The van der Waals surface area contributed by atoms with Crippen molar-refractivity contribution >= 4 is 5.97 Å². The third-order valence-electron chi connectivity index (χ3n) is 3.85. The molecule has 27 heavy (non-hydrogen) atoms. The van der Waals surface area contributed by atoms with Crippen LogP contribution in [0.25, 0.3) is 0 Å². The molecule has 0 fully saturated rings. The molecule has 0 aliphatic rings. The number of nitrogens with two attached hydrogens (primary N) is 2. The molecule has 0 radical (unpaired) electrons. The Hall–Kier alpha value is -0.730. The predicted molar refractivity (Wildman–Crippen MR) is 112 cm³/mol. The van der Waals surface area contributed by atoms with Crippen molar-refractivity contribution in [2.24, 2.45) is 11.5 Å². The van der Waals surface area contributed by atoms with E-state index < -0.39 is 18.3 Å². The summed E-state index contributed by atoms with van der Waals surface area (Å²) >= 11 is 0. The number of aliphatic carboxylic acids is 1. The number of carboxylic acids is 1. The molecule has 1 atom stereocenters. The fraction of sp³-hybridized carbons (Fsp3) is 0.950. The first-order valence-corrected chi connectivity index (χ1v) is 10.3. The molecule has 7 nitrogen and oxygen atoms in total. The molecule has 0 spiro atoms. The lowest BCUT2D eigenvalue weighted by Gasteiger charge is -2.03. The summed E-state index contributed by atoms with van der Waals surface area (Å²) in [6, 6.07) is -0.716. The van der Waals surface area contributed by atoms with Gasteiger partial charge < -0.3 is 31.5 Å². The van der Waals surface area contributed by atoms with E-state index in [1.165, 1.54) is 44.9 Å². The summed E-state index contributed by atoms with van der Waals surface area (Å²) in [6.07, 6.45) is 13.0. The molecular weight excluding hydrogens is 348 g/mol. The van der Waals surface area contributed by atoms with Crippen LogP contribution < -0.4 is 11.5 Å². The van der Waals surface area contributed by atoms with Crippen LogP contribution in [0.3, 0.4) is 0 Å². The highest BCUT2D eigenvalue weighted by atomic mass is 16.5. The van der Waals surface area contributed by atoms with Gasteiger partial charge in [0.25, 0.3) is 0 Å². The molecule has 7 heteroatoms. The largest absolute Gasteiger partial charge is 0.480 e. The summed E-state index contributed by atoms with van der Waals surface area (Å²) < 4.78 is 4.25. The van der Waals surface area contributed by atoms with Gasteiger partial charge in [0.15, 0.2) is 6.29 Å². The smallest absolute Gasteiger partial charge is 0.320 e. The van der Waals surface area contributed by atoms with Gasteiger partial charge in [-0.05, 0) is 32.2 Å². The number of methoxy groups -OCH3 is 1. The Morgan fingerprint density at radius 2 is 1.26 bits per heavy atom. The maximum atomic E-state index is 10.1. The Balaban J connectivity index is -0.000000387. The van der Waals surface area contributed by atoms with E-state index in [1.54, 1.807) is 14.2 Å². The number of hydrogen-bond donors (Lipinski definition) is 5. The van der Waals surface area contributed by atoms with E-state index in [0.29, 0.717) is 19.4 Å². The van der Waals surface area contributed by atoms with Gasteiger partial charge in [-0.15, -0.1) is 0 Å². The van der Waals surface area contributed by atoms with Crippen LogP contribution in [0.4, 0.5) is 0 Å². The van der Waals surface area contributed by atoms with Gasteiger partial charge in [0.2, 0.25) is 0 Å². The molecule has 7 N–H and O–H groups in total. The van der Waals surface area contributed by atoms with Crippen molar-refractivity contribution < 1.29 is 24.9 Å². The highest BCUT2D eigenvalue weighted by Crippen LogP contribution is 2.10. The molecule has 0 saturated heterocycles. The monoisotopic (exact) mass is 394 g/mol. The van der Waals surface area contributed by atoms with Gasteiger partial charge in [0.1, 0.15) is 6.04 Å². The normalized spacial score (nSPS) is 11.3. The number of carbonyl (C=O) groups is 1. The Labute approximate surface area is 166 Å². The zero-order valence-corrected chi connectivity index (χ0v) is 17.9. The van der Waals surface area contributed by atoms with Crippen LogP contribution in [0.1, 0.15) is 90.4 Å². The fourth-order valence-electron chi connectivity index (χ4n) is 2.27. The Bertz CT molecular complexity index is 279. The molecule has 0 heterocycles. The summed E-state index contributed by atoms with van der Waals surface area (Å²) in [7, 11) is 3.25. The first-order valence-electron chi connectivity index (χ1n) is 10.3. The molecule has 0 amide bonds. The summed E-state index contributed by atoms with van der Waals surface area (Å²) in [5.74, 6) is -0.933. The van der Waals surface area contributed by atoms with Crippen LogP contribution in [0.5, 0.6) is 0 Å². The summed E-state index contributed by atoms with van der Waals surface area (Å²) in [5, 5.41) is 25.5. The van der Waals surface area contributed by atoms with Crippen molar-refractivity contribution in [2.45, 2.75) is 103 Å². The number of carboxylic acid groups (broad SMARTS) is 1. The van der Waals surface area contributed by atoms with E-state index >= 15 is 0 Å². The molecule has 166 valence electrons. The number of rotatable bonds is 15. The van der Waals surface area contributed by atoms with Crippen molar-refractivity contribution in [2.75, 3.05) is 20.8 Å². The van der Waals surface area contributed by atoms with Gasteiger partial charge in [0.05, 0.1) is 0 Å². The second kappa shape index (κ2) is 27.5. The topological polar surface area (TPSA) is 139 Å². The lowest BCUT2D eigenvalue weighted by atomic mass is 10.1. The first kappa shape index (κ1) is 31.0. The summed E-state index contributed by atoms with van der Waals surface area (Å²) in [6.45, 7) is 2.84. The molecule has 0 aliphatic heterocycles. The van der Waals surface area contributed by atoms with Crippen molar-refractivity contribution in [3.63, 3.8) is 0 Å². The van der Waals surface area contributed by atoms with Crippen LogP contribution in [0.2, 0.25) is 0 Å². The van der Waals surface area contributed by atoms with Crippen LogP contribution in [0, 0.1) is 0 Å². The zero-order chi connectivity index (χ0) is 21.3. The van der Waals surface area contributed by atoms with Gasteiger partial charge in [-0.2, -0.15) is 0 Å². The van der Waals surface area contributed by atoms with Crippen LogP contribution >= 0.6 is 0 Å². The minimum absolute atomic E-state index is 0.520. The maximum absolute atomic E-state index is 10.1. The minimum Gasteiger partial charge on any atom is -0.480 e. The zero-order valence-electron chi connectivity index (χ0n) is 17.9.